The molecule has 0 bridgehead atoms. The molecule has 0 aliphatic heterocycles. The van der Waals surface area contributed by atoms with Gasteiger partial charge in [-0.05, 0) is 30.9 Å². The van der Waals surface area contributed by atoms with Crippen LogP contribution in [0, 0.1) is 6.92 Å². The molecular weight excluding hydrogens is 370 g/mol. The third-order valence-electron chi connectivity index (χ3n) is 5.77. The molecule has 1 aromatic carbocycles. The predicted molar refractivity (Wildman–Crippen MR) is 114 cm³/mol. The molecule has 146 valence electrons. The molecule has 3 aromatic rings. The summed E-state index contributed by atoms with van der Waals surface area (Å²) >= 11 is 1.53. The monoisotopic (exact) mass is 395 g/mol. The van der Waals surface area contributed by atoms with Gasteiger partial charge in [-0.2, -0.15) is 0 Å². The number of carbonyl (C=O) groups excluding carboxylic acids is 1. The number of aryl methyl sites for hydroxylation is 1. The Hall–Kier alpha value is -2.47. The van der Waals surface area contributed by atoms with Crippen LogP contribution in [-0.2, 0) is 11.3 Å². The van der Waals surface area contributed by atoms with Gasteiger partial charge in [-0.1, -0.05) is 49.6 Å². The second kappa shape index (κ2) is 7.87. The zero-order chi connectivity index (χ0) is 19.7. The molecule has 1 amide bonds. The molecule has 0 spiro atoms. The van der Waals surface area contributed by atoms with Crippen molar-refractivity contribution in [2.75, 3.05) is 7.05 Å². The SMILES string of the molecule is Cc1c(-c2ccccc2)sc2ncn(CC(=O)N(C)C3CCCCC3)c(=O)c12. The summed E-state index contributed by atoms with van der Waals surface area (Å²) < 4.78 is 1.46. The Kier molecular flexibility index (Phi) is 5.31. The highest BCUT2D eigenvalue weighted by Gasteiger charge is 2.23. The highest BCUT2D eigenvalue weighted by Crippen LogP contribution is 2.35. The van der Waals surface area contributed by atoms with Gasteiger partial charge in [0.15, 0.2) is 0 Å². The summed E-state index contributed by atoms with van der Waals surface area (Å²) in [6.07, 6.45) is 7.22. The molecule has 0 atom stereocenters. The van der Waals surface area contributed by atoms with E-state index in [1.807, 2.05) is 49.2 Å². The number of thiophene rings is 1. The average Bonchev–Trinajstić information content (AvgIpc) is 3.08. The summed E-state index contributed by atoms with van der Waals surface area (Å²) in [5.74, 6) is -0.0219. The molecular formula is C22H25N3O2S. The molecule has 1 aliphatic carbocycles. The fraction of sp³-hybridized carbons (Fsp3) is 0.409. The van der Waals surface area contributed by atoms with E-state index in [4.69, 9.17) is 0 Å². The summed E-state index contributed by atoms with van der Waals surface area (Å²) in [7, 11) is 1.86. The van der Waals surface area contributed by atoms with Crippen molar-refractivity contribution < 1.29 is 4.79 Å². The lowest BCUT2D eigenvalue weighted by atomic mass is 9.94. The van der Waals surface area contributed by atoms with Gasteiger partial charge in [-0.15, -0.1) is 11.3 Å². The molecule has 2 aromatic heterocycles. The number of fused-ring (bicyclic) bond motifs is 1. The van der Waals surface area contributed by atoms with Crippen LogP contribution in [0.2, 0.25) is 0 Å². The summed E-state index contributed by atoms with van der Waals surface area (Å²) in [6.45, 7) is 2.01. The highest BCUT2D eigenvalue weighted by atomic mass is 32.1. The first kappa shape index (κ1) is 18.9. The van der Waals surface area contributed by atoms with Crippen LogP contribution in [-0.4, -0.2) is 33.4 Å². The number of rotatable bonds is 4. The lowest BCUT2D eigenvalue weighted by molar-refractivity contribution is -0.133. The van der Waals surface area contributed by atoms with E-state index in [1.165, 1.54) is 41.5 Å². The van der Waals surface area contributed by atoms with E-state index in [1.54, 1.807) is 0 Å². The van der Waals surface area contributed by atoms with Crippen molar-refractivity contribution in [3.8, 4) is 10.4 Å². The van der Waals surface area contributed by atoms with Gasteiger partial charge >= 0.3 is 0 Å². The molecule has 0 radical (unpaired) electrons. The average molecular weight is 396 g/mol. The van der Waals surface area contributed by atoms with Gasteiger partial charge in [0.1, 0.15) is 11.4 Å². The first-order valence-corrected chi connectivity index (χ1v) is 10.7. The van der Waals surface area contributed by atoms with Crippen molar-refractivity contribution in [3.63, 3.8) is 0 Å². The first-order valence-electron chi connectivity index (χ1n) is 9.86. The van der Waals surface area contributed by atoms with Crippen LogP contribution in [0.3, 0.4) is 0 Å². The zero-order valence-electron chi connectivity index (χ0n) is 16.4. The molecule has 4 rings (SSSR count). The Morgan fingerprint density at radius 1 is 1.21 bits per heavy atom. The van der Waals surface area contributed by atoms with E-state index >= 15 is 0 Å². The van der Waals surface area contributed by atoms with E-state index in [0.29, 0.717) is 11.4 Å². The van der Waals surface area contributed by atoms with E-state index in [2.05, 4.69) is 4.98 Å². The van der Waals surface area contributed by atoms with Gasteiger partial charge in [0, 0.05) is 18.0 Å². The number of amides is 1. The van der Waals surface area contributed by atoms with Crippen molar-refractivity contribution in [2.45, 2.75) is 51.6 Å². The summed E-state index contributed by atoms with van der Waals surface area (Å²) in [6, 6.07) is 10.3. The molecule has 5 nitrogen and oxygen atoms in total. The largest absolute Gasteiger partial charge is 0.341 e. The van der Waals surface area contributed by atoms with Crippen LogP contribution in [0.1, 0.15) is 37.7 Å². The number of benzene rings is 1. The summed E-state index contributed by atoms with van der Waals surface area (Å²) in [5.41, 5.74) is 1.89. The number of nitrogens with zero attached hydrogens (tertiary/aromatic N) is 3. The van der Waals surface area contributed by atoms with Gasteiger partial charge in [0.2, 0.25) is 5.91 Å². The molecule has 2 heterocycles. The fourth-order valence-corrected chi connectivity index (χ4v) is 5.21. The van der Waals surface area contributed by atoms with Crippen LogP contribution < -0.4 is 5.56 Å². The number of likely N-dealkylation sites (N-methyl/N-ethyl adjacent to an activating group) is 1. The minimum atomic E-state index is -0.133. The van der Waals surface area contributed by atoms with E-state index in [0.717, 1.165) is 33.7 Å². The third kappa shape index (κ3) is 3.49. The number of hydrogen-bond donors (Lipinski definition) is 0. The summed E-state index contributed by atoms with van der Waals surface area (Å²) in [5, 5.41) is 0.625. The molecule has 6 heteroatoms. The van der Waals surface area contributed by atoms with Crippen molar-refractivity contribution >= 4 is 27.5 Å². The fourth-order valence-electron chi connectivity index (χ4n) is 4.07. The molecule has 0 N–H and O–H groups in total. The van der Waals surface area contributed by atoms with Gasteiger partial charge in [0.05, 0.1) is 11.7 Å². The van der Waals surface area contributed by atoms with E-state index in [9.17, 15) is 9.59 Å². The van der Waals surface area contributed by atoms with Crippen LogP contribution in [0.15, 0.2) is 41.5 Å². The maximum Gasteiger partial charge on any atom is 0.262 e. The molecule has 1 saturated carbocycles. The number of aromatic nitrogens is 2. The lowest BCUT2D eigenvalue weighted by Crippen LogP contribution is -2.41. The lowest BCUT2D eigenvalue weighted by Gasteiger charge is -2.31. The van der Waals surface area contributed by atoms with Crippen molar-refractivity contribution in [2.24, 2.45) is 0 Å². The Bertz CT molecular complexity index is 1050. The maximum atomic E-state index is 13.1. The third-order valence-corrected chi connectivity index (χ3v) is 7.02. The van der Waals surface area contributed by atoms with E-state index < -0.39 is 0 Å². The quantitative estimate of drug-likeness (QED) is 0.664. The van der Waals surface area contributed by atoms with Crippen LogP contribution >= 0.6 is 11.3 Å². The van der Waals surface area contributed by atoms with Crippen molar-refractivity contribution in [3.05, 3.63) is 52.6 Å². The topological polar surface area (TPSA) is 55.2 Å². The van der Waals surface area contributed by atoms with Crippen LogP contribution in [0.4, 0.5) is 0 Å². The smallest absolute Gasteiger partial charge is 0.262 e. The second-order valence-electron chi connectivity index (χ2n) is 7.58. The van der Waals surface area contributed by atoms with Gasteiger partial charge < -0.3 is 4.90 Å². The Morgan fingerprint density at radius 2 is 1.93 bits per heavy atom. The minimum Gasteiger partial charge on any atom is -0.341 e. The number of carbonyl (C=O) groups is 1. The number of hydrogen-bond acceptors (Lipinski definition) is 4. The van der Waals surface area contributed by atoms with E-state index in [-0.39, 0.29) is 18.0 Å². The zero-order valence-corrected chi connectivity index (χ0v) is 17.2. The molecule has 1 aliphatic rings. The van der Waals surface area contributed by atoms with Crippen LogP contribution in [0.5, 0.6) is 0 Å². The molecule has 28 heavy (non-hydrogen) atoms. The van der Waals surface area contributed by atoms with Gasteiger partial charge in [-0.25, -0.2) is 4.98 Å². The molecule has 1 fully saturated rings. The van der Waals surface area contributed by atoms with Gasteiger partial charge in [0.25, 0.3) is 5.56 Å². The van der Waals surface area contributed by atoms with Crippen molar-refractivity contribution in [1.82, 2.24) is 14.5 Å². The second-order valence-corrected chi connectivity index (χ2v) is 8.58. The normalized spacial score (nSPS) is 15.1. The van der Waals surface area contributed by atoms with Crippen molar-refractivity contribution in [1.29, 1.82) is 0 Å². The van der Waals surface area contributed by atoms with Crippen LogP contribution in [0.25, 0.3) is 20.7 Å². The summed E-state index contributed by atoms with van der Waals surface area (Å²) in [4.78, 5) is 33.9. The minimum absolute atomic E-state index is 0.0219. The predicted octanol–water partition coefficient (Wildman–Crippen LogP) is 4.22. The highest BCUT2D eigenvalue weighted by molar-refractivity contribution is 7.22. The maximum absolute atomic E-state index is 13.1. The van der Waals surface area contributed by atoms with Gasteiger partial charge in [-0.3, -0.25) is 14.2 Å². The standard InChI is InChI=1S/C22H25N3O2S/c1-15-19-21(28-20(15)16-9-5-3-6-10-16)23-14-25(22(19)27)13-18(26)24(2)17-11-7-4-8-12-17/h3,5-6,9-10,14,17H,4,7-8,11-13H2,1-2H3. The molecule has 0 unspecified atom stereocenters. The Labute approximate surface area is 168 Å². The Balaban J connectivity index is 1.64. The Morgan fingerprint density at radius 3 is 2.64 bits per heavy atom. The first-order chi connectivity index (χ1) is 13.6. The molecule has 0 saturated heterocycles.